The number of piperidine rings is 1. The van der Waals surface area contributed by atoms with Crippen LogP contribution in [-0.2, 0) is 12.0 Å². The van der Waals surface area contributed by atoms with Crippen LogP contribution >= 0.6 is 23.2 Å². The first kappa shape index (κ1) is 15.1. The van der Waals surface area contributed by atoms with Crippen LogP contribution in [-0.4, -0.2) is 17.7 Å². The van der Waals surface area contributed by atoms with E-state index in [2.05, 4.69) is 22.0 Å². The molecule has 1 N–H and O–H groups in total. The first-order valence-corrected chi connectivity index (χ1v) is 8.56. The second-order valence-electron chi connectivity index (χ2n) is 6.78. The predicted molar refractivity (Wildman–Crippen MR) is 91.8 cm³/mol. The van der Waals surface area contributed by atoms with Crippen molar-refractivity contribution in [2.45, 2.75) is 24.8 Å². The standard InChI is InChI=1S/C18H17Cl2N3/c19-15-2-1-14(7-16(15)20)18-4-5-22-11-17(18,10-18)12-23-6-3-13(8-21)9-23/h1-3,6-7,9,22H,4-5,10-12H2/t17?,18-/m1/s1. The Morgan fingerprint density at radius 3 is 2.87 bits per heavy atom. The van der Waals surface area contributed by atoms with Crippen LogP contribution in [0.15, 0.2) is 36.7 Å². The molecule has 2 heterocycles. The van der Waals surface area contributed by atoms with E-state index in [9.17, 15) is 0 Å². The minimum atomic E-state index is 0.170. The van der Waals surface area contributed by atoms with Crippen molar-refractivity contribution in [1.82, 2.24) is 9.88 Å². The molecule has 2 atom stereocenters. The molecule has 1 aromatic heterocycles. The summed E-state index contributed by atoms with van der Waals surface area (Å²) in [5.41, 5.74) is 2.37. The van der Waals surface area contributed by atoms with Crippen LogP contribution in [0.3, 0.4) is 0 Å². The van der Waals surface area contributed by atoms with E-state index in [1.807, 2.05) is 30.6 Å². The van der Waals surface area contributed by atoms with Crippen LogP contribution in [0.4, 0.5) is 0 Å². The molecule has 23 heavy (non-hydrogen) atoms. The molecule has 1 aromatic carbocycles. The Morgan fingerprint density at radius 2 is 2.13 bits per heavy atom. The van der Waals surface area contributed by atoms with E-state index in [0.717, 1.165) is 32.5 Å². The van der Waals surface area contributed by atoms with Crippen molar-refractivity contribution in [2.24, 2.45) is 5.41 Å². The van der Waals surface area contributed by atoms with Crippen LogP contribution in [0.5, 0.6) is 0 Å². The number of hydrogen-bond acceptors (Lipinski definition) is 2. The average molecular weight is 346 g/mol. The smallest absolute Gasteiger partial charge is 0.101 e. The van der Waals surface area contributed by atoms with Gasteiger partial charge < -0.3 is 9.88 Å². The summed E-state index contributed by atoms with van der Waals surface area (Å²) in [6.45, 7) is 2.94. The van der Waals surface area contributed by atoms with Crippen molar-refractivity contribution in [3.05, 3.63) is 57.8 Å². The summed E-state index contributed by atoms with van der Waals surface area (Å²) in [6.07, 6.45) is 6.18. The number of nitrogens with zero attached hydrogens (tertiary/aromatic N) is 2. The topological polar surface area (TPSA) is 40.8 Å². The van der Waals surface area contributed by atoms with Crippen LogP contribution < -0.4 is 5.32 Å². The highest BCUT2D eigenvalue weighted by Gasteiger charge is 2.68. The summed E-state index contributed by atoms with van der Waals surface area (Å²) in [7, 11) is 0. The highest BCUT2D eigenvalue weighted by molar-refractivity contribution is 6.42. The van der Waals surface area contributed by atoms with Crippen LogP contribution in [0.25, 0.3) is 0 Å². The number of benzene rings is 1. The van der Waals surface area contributed by atoms with Gasteiger partial charge in [-0.1, -0.05) is 29.3 Å². The summed E-state index contributed by atoms with van der Waals surface area (Å²) < 4.78 is 2.14. The Balaban J connectivity index is 1.67. The lowest BCUT2D eigenvalue weighted by Crippen LogP contribution is -2.40. The predicted octanol–water partition coefficient (Wildman–Crippen LogP) is 3.99. The van der Waals surface area contributed by atoms with Crippen LogP contribution in [0, 0.1) is 16.7 Å². The van der Waals surface area contributed by atoms with Gasteiger partial charge in [0.15, 0.2) is 0 Å². The quantitative estimate of drug-likeness (QED) is 0.913. The van der Waals surface area contributed by atoms with Gasteiger partial charge in [-0.2, -0.15) is 5.26 Å². The minimum Gasteiger partial charge on any atom is -0.352 e. The third-order valence-corrected chi connectivity index (χ3v) is 6.30. The van der Waals surface area contributed by atoms with Crippen molar-refractivity contribution < 1.29 is 0 Å². The molecule has 1 aliphatic heterocycles. The molecule has 0 spiro atoms. The van der Waals surface area contributed by atoms with Gasteiger partial charge in [-0.3, -0.25) is 0 Å². The second-order valence-corrected chi connectivity index (χ2v) is 7.59. The van der Waals surface area contributed by atoms with E-state index >= 15 is 0 Å². The maximum absolute atomic E-state index is 9.01. The number of nitrogens with one attached hydrogen (secondary N) is 1. The second kappa shape index (κ2) is 5.27. The van der Waals surface area contributed by atoms with Crippen molar-refractivity contribution >= 4 is 23.2 Å². The fraction of sp³-hybridized carbons (Fsp3) is 0.389. The summed E-state index contributed by atoms with van der Waals surface area (Å²) in [5, 5.41) is 13.8. The summed E-state index contributed by atoms with van der Waals surface area (Å²) >= 11 is 12.3. The third kappa shape index (κ3) is 2.29. The summed E-state index contributed by atoms with van der Waals surface area (Å²) in [4.78, 5) is 0. The number of hydrogen-bond donors (Lipinski definition) is 1. The molecule has 1 saturated carbocycles. The largest absolute Gasteiger partial charge is 0.352 e. The zero-order valence-corrected chi connectivity index (χ0v) is 14.2. The third-order valence-electron chi connectivity index (χ3n) is 5.56. The zero-order chi connectivity index (χ0) is 16.1. The molecule has 0 radical (unpaired) electrons. The Bertz CT molecular complexity index is 807. The van der Waals surface area contributed by atoms with E-state index in [1.165, 1.54) is 5.56 Å². The fourth-order valence-electron chi connectivity index (χ4n) is 4.31. The maximum atomic E-state index is 9.01. The van der Waals surface area contributed by atoms with Gasteiger partial charge in [0.05, 0.1) is 15.6 Å². The monoisotopic (exact) mass is 345 g/mol. The fourth-order valence-corrected chi connectivity index (χ4v) is 4.61. The molecule has 1 aliphatic carbocycles. The zero-order valence-electron chi connectivity index (χ0n) is 12.6. The van der Waals surface area contributed by atoms with Crippen molar-refractivity contribution in [1.29, 1.82) is 5.26 Å². The molecule has 2 aliphatic rings. The summed E-state index contributed by atoms with van der Waals surface area (Å²) in [5.74, 6) is 0. The average Bonchev–Trinajstić information content (AvgIpc) is 3.02. The minimum absolute atomic E-state index is 0.170. The van der Waals surface area contributed by atoms with Gasteiger partial charge in [0.1, 0.15) is 6.07 Å². The lowest BCUT2D eigenvalue weighted by atomic mass is 9.81. The van der Waals surface area contributed by atoms with Gasteiger partial charge in [-0.05, 0) is 43.1 Å². The molecule has 2 fully saturated rings. The van der Waals surface area contributed by atoms with Gasteiger partial charge in [-0.15, -0.1) is 0 Å². The Morgan fingerprint density at radius 1 is 1.26 bits per heavy atom. The molecule has 0 bridgehead atoms. The number of rotatable bonds is 3. The van der Waals surface area contributed by atoms with E-state index in [-0.39, 0.29) is 10.8 Å². The van der Waals surface area contributed by atoms with Crippen molar-refractivity contribution in [3.63, 3.8) is 0 Å². The Kier molecular flexibility index (Phi) is 3.46. The van der Waals surface area contributed by atoms with Gasteiger partial charge in [0, 0.05) is 36.3 Å². The number of fused-ring (bicyclic) bond motifs is 1. The normalized spacial score (nSPS) is 28.9. The van der Waals surface area contributed by atoms with E-state index in [4.69, 9.17) is 28.5 Å². The molecule has 1 unspecified atom stereocenters. The SMILES string of the molecule is N#Cc1ccn(CC23CNCC[C@]2(c2ccc(Cl)c(Cl)c2)C3)c1. The molecule has 118 valence electrons. The lowest BCUT2D eigenvalue weighted by molar-refractivity contribution is 0.285. The molecule has 5 heteroatoms. The van der Waals surface area contributed by atoms with Crippen LogP contribution in [0.2, 0.25) is 10.0 Å². The Hall–Kier alpha value is -1.47. The molecule has 3 nitrogen and oxygen atoms in total. The van der Waals surface area contributed by atoms with Gasteiger partial charge in [0.2, 0.25) is 0 Å². The molecular weight excluding hydrogens is 329 g/mol. The highest BCUT2D eigenvalue weighted by Crippen LogP contribution is 2.68. The van der Waals surface area contributed by atoms with Gasteiger partial charge in [-0.25, -0.2) is 0 Å². The van der Waals surface area contributed by atoms with Crippen molar-refractivity contribution in [2.75, 3.05) is 13.1 Å². The van der Waals surface area contributed by atoms with E-state index in [0.29, 0.717) is 15.6 Å². The lowest BCUT2D eigenvalue weighted by Gasteiger charge is -2.32. The number of aromatic nitrogens is 1. The maximum Gasteiger partial charge on any atom is 0.101 e. The first-order valence-electron chi connectivity index (χ1n) is 7.81. The number of nitriles is 1. The molecule has 0 amide bonds. The molecule has 4 rings (SSSR count). The molecule has 2 aromatic rings. The molecular formula is C18H17Cl2N3. The summed E-state index contributed by atoms with van der Waals surface area (Å²) in [6, 6.07) is 10.1. The highest BCUT2D eigenvalue weighted by atomic mass is 35.5. The van der Waals surface area contributed by atoms with Gasteiger partial charge in [0.25, 0.3) is 0 Å². The van der Waals surface area contributed by atoms with E-state index < -0.39 is 0 Å². The van der Waals surface area contributed by atoms with Crippen molar-refractivity contribution in [3.8, 4) is 6.07 Å². The first-order chi connectivity index (χ1) is 11.1. The van der Waals surface area contributed by atoms with Crippen LogP contribution in [0.1, 0.15) is 24.0 Å². The van der Waals surface area contributed by atoms with E-state index in [1.54, 1.807) is 0 Å². The molecule has 1 saturated heterocycles. The Labute approximate surface area is 145 Å². The number of halogens is 2. The van der Waals surface area contributed by atoms with Gasteiger partial charge >= 0.3 is 0 Å².